The molecule has 0 bridgehead atoms. The summed E-state index contributed by atoms with van der Waals surface area (Å²) in [4.78, 5) is 28.4. The average Bonchev–Trinajstić information content (AvgIpc) is 3.36. The van der Waals surface area contributed by atoms with Crippen LogP contribution in [0.5, 0.6) is 0 Å². The highest BCUT2D eigenvalue weighted by atomic mass is 32.1. The summed E-state index contributed by atoms with van der Waals surface area (Å²) >= 11 is 1.49. The summed E-state index contributed by atoms with van der Waals surface area (Å²) in [6, 6.07) is 18.3. The van der Waals surface area contributed by atoms with E-state index in [1.807, 2.05) is 47.8 Å². The number of rotatable bonds is 7. The predicted octanol–water partition coefficient (Wildman–Crippen LogP) is 4.98. The van der Waals surface area contributed by atoms with Crippen LogP contribution in [0, 0.1) is 5.82 Å². The molecule has 0 aliphatic carbocycles. The summed E-state index contributed by atoms with van der Waals surface area (Å²) in [7, 11) is 0. The Balaban J connectivity index is 1.65. The van der Waals surface area contributed by atoms with E-state index in [1.165, 1.54) is 28.4 Å². The smallest absolute Gasteiger partial charge is 0.290 e. The zero-order chi connectivity index (χ0) is 21.1. The highest BCUT2D eigenvalue weighted by Gasteiger charge is 2.43. The fourth-order valence-corrected chi connectivity index (χ4v) is 4.40. The van der Waals surface area contributed by atoms with E-state index in [0.29, 0.717) is 12.0 Å². The van der Waals surface area contributed by atoms with Crippen LogP contribution in [0.15, 0.2) is 83.4 Å². The summed E-state index contributed by atoms with van der Waals surface area (Å²) in [5.41, 5.74) is 1.68. The number of ketones is 1. The van der Waals surface area contributed by atoms with Crippen molar-refractivity contribution in [3.8, 4) is 0 Å². The van der Waals surface area contributed by atoms with E-state index in [2.05, 4.69) is 0 Å². The molecule has 1 N–H and O–H groups in total. The number of Topliss-reactive ketones (excluding diaryl/α,β-unsaturated/α-hetero) is 1. The van der Waals surface area contributed by atoms with Gasteiger partial charge in [-0.05, 0) is 41.1 Å². The zero-order valence-electron chi connectivity index (χ0n) is 16.1. The van der Waals surface area contributed by atoms with Gasteiger partial charge in [-0.15, -0.1) is 11.3 Å². The van der Waals surface area contributed by atoms with E-state index in [0.717, 1.165) is 10.4 Å². The third kappa shape index (κ3) is 4.04. The van der Waals surface area contributed by atoms with Gasteiger partial charge in [0, 0.05) is 11.3 Å². The second kappa shape index (κ2) is 8.63. The summed E-state index contributed by atoms with van der Waals surface area (Å²) in [6.45, 7) is 0.262. The van der Waals surface area contributed by atoms with Crippen LogP contribution >= 0.6 is 11.3 Å². The van der Waals surface area contributed by atoms with Gasteiger partial charge in [0.2, 0.25) is 0 Å². The number of aliphatic hydroxyl groups is 1. The molecule has 1 aliphatic heterocycles. The van der Waals surface area contributed by atoms with E-state index in [4.69, 9.17) is 0 Å². The van der Waals surface area contributed by atoms with E-state index in [9.17, 15) is 19.1 Å². The van der Waals surface area contributed by atoms with Crippen molar-refractivity contribution in [3.63, 3.8) is 0 Å². The number of amides is 1. The van der Waals surface area contributed by atoms with E-state index >= 15 is 0 Å². The number of halogens is 1. The minimum atomic E-state index is -0.747. The maximum atomic E-state index is 13.5. The Morgan fingerprint density at radius 1 is 1.03 bits per heavy atom. The molecule has 3 aromatic rings. The standard InChI is InChI=1S/C24H20FNO3S/c25-18-11-9-17(10-12-18)22-21(20(27)13-8-16-5-2-1-3-6-16)23(28)24(29)26(22)15-19-7-4-14-30-19/h1-7,9-12,14,22,28H,8,13,15H2. The SMILES string of the molecule is O=C(CCc1ccccc1)C1=C(O)C(=O)N(Cc2cccs2)C1c1ccc(F)cc1. The lowest BCUT2D eigenvalue weighted by molar-refractivity contribution is -0.130. The Labute approximate surface area is 177 Å². The van der Waals surface area contributed by atoms with Gasteiger partial charge in [0.25, 0.3) is 5.91 Å². The Hall–Kier alpha value is -3.25. The number of carbonyl (C=O) groups is 2. The monoisotopic (exact) mass is 421 g/mol. The Morgan fingerprint density at radius 3 is 2.43 bits per heavy atom. The van der Waals surface area contributed by atoms with Crippen molar-refractivity contribution < 1.29 is 19.1 Å². The van der Waals surface area contributed by atoms with Crippen molar-refractivity contribution in [1.29, 1.82) is 0 Å². The normalized spacial score (nSPS) is 16.4. The van der Waals surface area contributed by atoms with Crippen LogP contribution in [-0.4, -0.2) is 21.7 Å². The second-order valence-corrected chi connectivity index (χ2v) is 8.17. The Kier molecular flexibility index (Phi) is 5.77. The van der Waals surface area contributed by atoms with Crippen molar-refractivity contribution >= 4 is 23.0 Å². The fraction of sp³-hybridized carbons (Fsp3) is 0.167. The van der Waals surface area contributed by atoms with Crippen molar-refractivity contribution in [2.75, 3.05) is 0 Å². The number of hydrogen-bond donors (Lipinski definition) is 1. The molecule has 2 aromatic carbocycles. The van der Waals surface area contributed by atoms with Crippen LogP contribution in [0.1, 0.15) is 28.5 Å². The van der Waals surface area contributed by atoms with Crippen LogP contribution in [0.2, 0.25) is 0 Å². The molecule has 2 heterocycles. The number of thiophene rings is 1. The molecule has 30 heavy (non-hydrogen) atoms. The molecule has 4 nitrogen and oxygen atoms in total. The van der Waals surface area contributed by atoms with Crippen molar-refractivity contribution in [1.82, 2.24) is 4.90 Å². The predicted molar refractivity (Wildman–Crippen MR) is 113 cm³/mol. The lowest BCUT2D eigenvalue weighted by Gasteiger charge is -2.26. The van der Waals surface area contributed by atoms with E-state index < -0.39 is 23.5 Å². The van der Waals surface area contributed by atoms with Crippen LogP contribution in [-0.2, 0) is 22.6 Å². The Bertz CT molecular complexity index is 1080. The molecule has 1 aliphatic rings. The number of aliphatic hydroxyl groups excluding tert-OH is 1. The molecule has 0 radical (unpaired) electrons. The largest absolute Gasteiger partial charge is 0.503 e. The number of nitrogens with zero attached hydrogens (tertiary/aromatic N) is 1. The molecule has 0 saturated carbocycles. The highest BCUT2D eigenvalue weighted by molar-refractivity contribution is 7.09. The summed E-state index contributed by atoms with van der Waals surface area (Å²) < 4.78 is 13.5. The van der Waals surface area contributed by atoms with Crippen LogP contribution < -0.4 is 0 Å². The van der Waals surface area contributed by atoms with E-state index in [-0.39, 0.29) is 24.3 Å². The molecular formula is C24H20FNO3S. The third-order valence-corrected chi connectivity index (χ3v) is 6.04. The van der Waals surface area contributed by atoms with Gasteiger partial charge >= 0.3 is 0 Å². The van der Waals surface area contributed by atoms with Gasteiger partial charge < -0.3 is 10.0 Å². The average molecular weight is 421 g/mol. The molecular weight excluding hydrogens is 401 g/mol. The van der Waals surface area contributed by atoms with Gasteiger partial charge in [0.15, 0.2) is 11.5 Å². The van der Waals surface area contributed by atoms with Crippen LogP contribution in [0.3, 0.4) is 0 Å². The third-order valence-electron chi connectivity index (χ3n) is 5.18. The zero-order valence-corrected chi connectivity index (χ0v) is 16.9. The molecule has 1 aromatic heterocycles. The first-order valence-corrected chi connectivity index (χ1v) is 10.5. The minimum absolute atomic E-state index is 0.0825. The lowest BCUT2D eigenvalue weighted by atomic mass is 9.93. The quantitative estimate of drug-likeness (QED) is 0.585. The molecule has 0 saturated heterocycles. The van der Waals surface area contributed by atoms with Gasteiger partial charge in [-0.25, -0.2) is 4.39 Å². The van der Waals surface area contributed by atoms with Crippen LogP contribution in [0.25, 0.3) is 0 Å². The highest BCUT2D eigenvalue weighted by Crippen LogP contribution is 2.39. The summed E-state index contributed by atoms with van der Waals surface area (Å²) in [5.74, 6) is -1.79. The molecule has 6 heteroatoms. The first kappa shape index (κ1) is 20.0. The number of aryl methyl sites for hydroxylation is 1. The number of hydrogen-bond acceptors (Lipinski definition) is 4. The first-order chi connectivity index (χ1) is 14.5. The van der Waals surface area contributed by atoms with E-state index in [1.54, 1.807) is 12.1 Å². The van der Waals surface area contributed by atoms with Crippen LogP contribution in [0.4, 0.5) is 4.39 Å². The number of benzene rings is 2. The van der Waals surface area contributed by atoms with Gasteiger partial charge in [-0.3, -0.25) is 9.59 Å². The van der Waals surface area contributed by atoms with Gasteiger partial charge in [-0.1, -0.05) is 48.5 Å². The van der Waals surface area contributed by atoms with Gasteiger partial charge in [0.1, 0.15) is 5.82 Å². The first-order valence-electron chi connectivity index (χ1n) is 9.63. The van der Waals surface area contributed by atoms with Crippen molar-refractivity contribution in [2.24, 2.45) is 0 Å². The second-order valence-electron chi connectivity index (χ2n) is 7.14. The molecule has 152 valence electrons. The lowest BCUT2D eigenvalue weighted by Crippen LogP contribution is -2.30. The molecule has 4 rings (SSSR count). The minimum Gasteiger partial charge on any atom is -0.503 e. The topological polar surface area (TPSA) is 57.6 Å². The van der Waals surface area contributed by atoms with Gasteiger partial charge in [-0.2, -0.15) is 0 Å². The molecule has 1 amide bonds. The fourth-order valence-electron chi connectivity index (χ4n) is 3.70. The van der Waals surface area contributed by atoms with Gasteiger partial charge in [0.05, 0.1) is 18.2 Å². The molecule has 1 unspecified atom stereocenters. The summed E-state index contributed by atoms with van der Waals surface area (Å²) in [6.07, 6.45) is 0.674. The summed E-state index contributed by atoms with van der Waals surface area (Å²) in [5, 5.41) is 12.5. The van der Waals surface area contributed by atoms with Crippen molar-refractivity contribution in [3.05, 3.63) is 105 Å². The molecule has 0 spiro atoms. The maximum Gasteiger partial charge on any atom is 0.290 e. The number of carbonyl (C=O) groups excluding carboxylic acids is 2. The van der Waals surface area contributed by atoms with Crippen molar-refractivity contribution in [2.45, 2.75) is 25.4 Å². The Morgan fingerprint density at radius 2 is 1.77 bits per heavy atom. The maximum absolute atomic E-state index is 13.5. The molecule has 0 fully saturated rings. The molecule has 1 atom stereocenters.